The van der Waals surface area contributed by atoms with Gasteiger partial charge in [0.05, 0.1) is 14.2 Å². The van der Waals surface area contributed by atoms with Crippen molar-refractivity contribution in [1.29, 1.82) is 0 Å². The van der Waals surface area contributed by atoms with E-state index >= 15 is 0 Å². The quantitative estimate of drug-likeness (QED) is 0.760. The molecule has 1 aromatic rings. The third kappa shape index (κ3) is 4.04. The summed E-state index contributed by atoms with van der Waals surface area (Å²) in [5.74, 6) is 0.948. The number of benzene rings is 1. The number of carbonyl (C=O) groups is 1. The van der Waals surface area contributed by atoms with Crippen molar-refractivity contribution in [2.24, 2.45) is 0 Å². The van der Waals surface area contributed by atoms with Gasteiger partial charge in [0.2, 0.25) is 0 Å². The number of ether oxygens (including phenoxy) is 1. The van der Waals surface area contributed by atoms with E-state index in [1.807, 2.05) is 39.1 Å². The molecule has 18 heavy (non-hydrogen) atoms. The van der Waals surface area contributed by atoms with Gasteiger partial charge in [0, 0.05) is 12.1 Å². The molecule has 1 amide bonds. The number of likely N-dealkylation sites (N-methyl/N-ethyl adjacent to an activating group) is 2. The van der Waals surface area contributed by atoms with Crippen molar-refractivity contribution in [1.82, 2.24) is 5.32 Å². The second-order valence-corrected chi connectivity index (χ2v) is 4.49. The van der Waals surface area contributed by atoms with Gasteiger partial charge in [0.25, 0.3) is 5.91 Å². The Morgan fingerprint density at radius 1 is 1.50 bits per heavy atom. The minimum absolute atomic E-state index is 0.0591. The van der Waals surface area contributed by atoms with E-state index in [4.69, 9.17) is 4.74 Å². The summed E-state index contributed by atoms with van der Waals surface area (Å²) in [6.07, 6.45) is 0. The zero-order valence-corrected chi connectivity index (χ0v) is 11.6. The Labute approximate surface area is 109 Å². The van der Waals surface area contributed by atoms with Gasteiger partial charge in [-0.05, 0) is 26.0 Å². The highest BCUT2D eigenvalue weighted by Gasteiger charge is 2.21. The Bertz CT molecular complexity index is 393. The van der Waals surface area contributed by atoms with E-state index < -0.39 is 0 Å². The second kappa shape index (κ2) is 7.01. The van der Waals surface area contributed by atoms with Crippen LogP contribution < -0.4 is 15.0 Å². The number of rotatable bonds is 6. The van der Waals surface area contributed by atoms with E-state index in [9.17, 15) is 4.79 Å². The molecule has 0 aliphatic rings. The monoisotopic (exact) mass is 251 g/mol. The molecule has 1 rings (SSSR count). The molecule has 0 aliphatic carbocycles. The van der Waals surface area contributed by atoms with Crippen molar-refractivity contribution < 1.29 is 14.4 Å². The maximum Gasteiger partial charge on any atom is 0.278 e. The number of amides is 1. The van der Waals surface area contributed by atoms with Crippen molar-refractivity contribution in [2.75, 3.05) is 20.7 Å². The first kappa shape index (κ1) is 14.5. The summed E-state index contributed by atoms with van der Waals surface area (Å²) in [7, 11) is 3.69. The maximum absolute atomic E-state index is 11.7. The molecule has 0 spiro atoms. The SMILES string of the molecule is CCNC(=O)[C@@H](C)[NH+](C)Cc1cccc(OC)c1. The molecule has 2 N–H and O–H groups in total. The van der Waals surface area contributed by atoms with Crippen LogP contribution in [0.5, 0.6) is 5.75 Å². The van der Waals surface area contributed by atoms with Gasteiger partial charge in [0.1, 0.15) is 12.3 Å². The molecule has 2 atom stereocenters. The van der Waals surface area contributed by atoms with Gasteiger partial charge >= 0.3 is 0 Å². The zero-order valence-electron chi connectivity index (χ0n) is 11.6. The molecule has 100 valence electrons. The molecule has 0 radical (unpaired) electrons. The topological polar surface area (TPSA) is 42.8 Å². The van der Waals surface area contributed by atoms with Crippen LogP contribution in [0.4, 0.5) is 0 Å². The number of hydrogen-bond donors (Lipinski definition) is 2. The van der Waals surface area contributed by atoms with E-state index in [1.165, 1.54) is 5.56 Å². The lowest BCUT2D eigenvalue weighted by molar-refractivity contribution is -0.908. The molecule has 4 heteroatoms. The van der Waals surface area contributed by atoms with Crippen molar-refractivity contribution in [3.63, 3.8) is 0 Å². The number of nitrogens with one attached hydrogen (secondary N) is 2. The van der Waals surface area contributed by atoms with Crippen molar-refractivity contribution >= 4 is 5.91 Å². The van der Waals surface area contributed by atoms with Crippen LogP contribution in [0.3, 0.4) is 0 Å². The summed E-state index contributed by atoms with van der Waals surface area (Å²) >= 11 is 0. The first-order valence-electron chi connectivity index (χ1n) is 6.31. The van der Waals surface area contributed by atoms with E-state index in [1.54, 1.807) is 7.11 Å². The Kier molecular flexibility index (Phi) is 5.65. The third-order valence-electron chi connectivity index (χ3n) is 3.10. The Hall–Kier alpha value is -1.55. The summed E-state index contributed by atoms with van der Waals surface area (Å²) in [5.41, 5.74) is 1.17. The molecule has 0 aromatic heterocycles. The number of quaternary nitrogens is 1. The number of hydrogen-bond acceptors (Lipinski definition) is 2. The summed E-state index contributed by atoms with van der Waals surface area (Å²) in [4.78, 5) is 12.9. The number of methoxy groups -OCH3 is 1. The summed E-state index contributed by atoms with van der Waals surface area (Å²) in [5, 5.41) is 2.85. The van der Waals surface area contributed by atoms with Crippen LogP contribution in [0.25, 0.3) is 0 Å². The van der Waals surface area contributed by atoms with E-state index in [-0.39, 0.29) is 11.9 Å². The molecule has 0 aliphatic heterocycles. The molecule has 0 heterocycles. The molecular formula is C14H23N2O2+. The second-order valence-electron chi connectivity index (χ2n) is 4.49. The maximum atomic E-state index is 11.7. The predicted molar refractivity (Wildman–Crippen MR) is 71.7 cm³/mol. The van der Waals surface area contributed by atoms with Gasteiger partial charge < -0.3 is 15.0 Å². The minimum Gasteiger partial charge on any atom is -0.497 e. The van der Waals surface area contributed by atoms with Crippen molar-refractivity contribution in [2.45, 2.75) is 26.4 Å². The molecule has 0 bridgehead atoms. The third-order valence-corrected chi connectivity index (χ3v) is 3.10. The van der Waals surface area contributed by atoms with Crippen LogP contribution in [-0.4, -0.2) is 32.7 Å². The van der Waals surface area contributed by atoms with Crippen molar-refractivity contribution in [3.8, 4) is 5.75 Å². The fraction of sp³-hybridized carbons (Fsp3) is 0.500. The number of carbonyl (C=O) groups excluding carboxylic acids is 1. The average Bonchev–Trinajstić information content (AvgIpc) is 2.38. The minimum atomic E-state index is -0.0591. The molecule has 0 saturated heterocycles. The van der Waals surface area contributed by atoms with Gasteiger partial charge in [-0.3, -0.25) is 4.79 Å². The highest BCUT2D eigenvalue weighted by atomic mass is 16.5. The largest absolute Gasteiger partial charge is 0.497 e. The molecule has 0 fully saturated rings. The van der Waals surface area contributed by atoms with E-state index in [2.05, 4.69) is 11.4 Å². The lowest BCUT2D eigenvalue weighted by atomic mass is 10.1. The fourth-order valence-corrected chi connectivity index (χ4v) is 1.81. The van der Waals surface area contributed by atoms with Gasteiger partial charge in [-0.2, -0.15) is 0 Å². The van der Waals surface area contributed by atoms with Gasteiger partial charge in [-0.1, -0.05) is 12.1 Å². The molecule has 1 unspecified atom stereocenters. The van der Waals surface area contributed by atoms with Crippen LogP contribution in [-0.2, 0) is 11.3 Å². The lowest BCUT2D eigenvalue weighted by Gasteiger charge is -2.21. The fourth-order valence-electron chi connectivity index (χ4n) is 1.81. The van der Waals surface area contributed by atoms with Crippen LogP contribution >= 0.6 is 0 Å². The van der Waals surface area contributed by atoms with Gasteiger partial charge in [0.15, 0.2) is 6.04 Å². The van der Waals surface area contributed by atoms with Crippen LogP contribution in [0, 0.1) is 0 Å². The van der Waals surface area contributed by atoms with Crippen LogP contribution in [0.2, 0.25) is 0 Å². The van der Waals surface area contributed by atoms with Gasteiger partial charge in [-0.25, -0.2) is 0 Å². The summed E-state index contributed by atoms with van der Waals surface area (Å²) in [6.45, 7) is 5.35. The van der Waals surface area contributed by atoms with Crippen LogP contribution in [0.15, 0.2) is 24.3 Å². The standard InChI is InChI=1S/C14H22N2O2/c1-5-15-14(17)11(2)16(3)10-12-7-6-8-13(9-12)18-4/h6-9,11H,5,10H2,1-4H3,(H,15,17)/p+1/t11-/m1/s1. The Balaban J connectivity index is 2.62. The first-order chi connectivity index (χ1) is 8.58. The summed E-state index contributed by atoms with van der Waals surface area (Å²) < 4.78 is 5.19. The molecule has 1 aromatic carbocycles. The molecule has 4 nitrogen and oxygen atoms in total. The molecule has 0 saturated carbocycles. The van der Waals surface area contributed by atoms with Crippen LogP contribution in [0.1, 0.15) is 19.4 Å². The Morgan fingerprint density at radius 3 is 2.83 bits per heavy atom. The average molecular weight is 251 g/mol. The smallest absolute Gasteiger partial charge is 0.278 e. The van der Waals surface area contributed by atoms with Gasteiger partial charge in [-0.15, -0.1) is 0 Å². The highest BCUT2D eigenvalue weighted by Crippen LogP contribution is 2.11. The summed E-state index contributed by atoms with van der Waals surface area (Å²) in [6, 6.07) is 7.89. The van der Waals surface area contributed by atoms with E-state index in [0.717, 1.165) is 17.2 Å². The highest BCUT2D eigenvalue weighted by molar-refractivity contribution is 5.79. The normalized spacial score (nSPS) is 13.8. The van der Waals surface area contributed by atoms with Crippen molar-refractivity contribution in [3.05, 3.63) is 29.8 Å². The molecular weight excluding hydrogens is 228 g/mol. The first-order valence-corrected chi connectivity index (χ1v) is 6.31. The zero-order chi connectivity index (χ0) is 13.5. The lowest BCUT2D eigenvalue weighted by Crippen LogP contribution is -3.12. The van der Waals surface area contributed by atoms with E-state index in [0.29, 0.717) is 6.54 Å². The predicted octanol–water partition coefficient (Wildman–Crippen LogP) is 0.235. The Morgan fingerprint density at radius 2 is 2.22 bits per heavy atom.